The van der Waals surface area contributed by atoms with Crippen molar-refractivity contribution in [2.75, 3.05) is 30.4 Å². The van der Waals surface area contributed by atoms with Gasteiger partial charge in [-0.2, -0.15) is 0 Å². The minimum atomic E-state index is -4.04. The molecule has 1 atom stereocenters. The first-order chi connectivity index (χ1) is 9.83. The Morgan fingerprint density at radius 1 is 1.38 bits per heavy atom. The lowest BCUT2D eigenvalue weighted by Crippen LogP contribution is -2.28. The van der Waals surface area contributed by atoms with E-state index >= 15 is 0 Å². The van der Waals surface area contributed by atoms with Crippen molar-refractivity contribution in [3.63, 3.8) is 0 Å². The first-order valence-electron chi connectivity index (χ1n) is 6.13. The second kappa shape index (κ2) is 7.48. The van der Waals surface area contributed by atoms with Crippen molar-refractivity contribution in [3.8, 4) is 0 Å². The van der Waals surface area contributed by atoms with Gasteiger partial charge in [0.05, 0.1) is 4.92 Å². The highest BCUT2D eigenvalue weighted by molar-refractivity contribution is 7.89. The van der Waals surface area contributed by atoms with E-state index in [0.717, 1.165) is 6.07 Å². The van der Waals surface area contributed by atoms with Crippen LogP contribution in [0.2, 0.25) is 0 Å². The van der Waals surface area contributed by atoms with E-state index in [1.807, 2.05) is 0 Å². The summed E-state index contributed by atoms with van der Waals surface area (Å²) in [6.07, 6.45) is 0. The number of nitrogens with zero attached hydrogens (tertiary/aromatic N) is 1. The third kappa shape index (κ3) is 4.48. The van der Waals surface area contributed by atoms with Gasteiger partial charge in [0.15, 0.2) is 4.90 Å². The van der Waals surface area contributed by atoms with Crippen molar-refractivity contribution in [3.05, 3.63) is 28.3 Å². The Morgan fingerprint density at radius 2 is 2.05 bits per heavy atom. The molecule has 0 spiro atoms. The van der Waals surface area contributed by atoms with E-state index in [0.29, 0.717) is 5.75 Å². The molecule has 0 heterocycles. The molecule has 0 aliphatic rings. The highest BCUT2D eigenvalue weighted by Gasteiger charge is 2.28. The van der Waals surface area contributed by atoms with E-state index in [4.69, 9.17) is 0 Å². The van der Waals surface area contributed by atoms with Crippen LogP contribution in [0, 0.1) is 10.1 Å². The van der Waals surface area contributed by atoms with Gasteiger partial charge in [0, 0.05) is 35.9 Å². The second-order valence-corrected chi connectivity index (χ2v) is 7.59. The number of anilines is 1. The van der Waals surface area contributed by atoms with Gasteiger partial charge in [-0.3, -0.25) is 14.3 Å². The predicted octanol–water partition coefficient (Wildman–Crippen LogP) is 0.683. The second-order valence-electron chi connectivity index (χ2n) is 3.99. The first kappa shape index (κ1) is 17.5. The maximum Gasteiger partial charge on any atom is 0.312 e. The van der Waals surface area contributed by atoms with E-state index in [-0.39, 0.29) is 18.0 Å². The fraction of sp³-hybridized carbons (Fsp3) is 0.455. The van der Waals surface area contributed by atoms with Crippen molar-refractivity contribution >= 4 is 32.2 Å². The van der Waals surface area contributed by atoms with Crippen LogP contribution in [0.1, 0.15) is 6.92 Å². The lowest BCUT2D eigenvalue weighted by atomic mass is 10.3. The largest absolute Gasteiger partial charge is 0.383 e. The molecular formula is C11H17N3O5S2. The Labute approximate surface area is 125 Å². The molecule has 1 aromatic rings. The molecule has 0 saturated carbocycles. The van der Waals surface area contributed by atoms with E-state index in [1.54, 1.807) is 6.92 Å². The zero-order valence-corrected chi connectivity index (χ0v) is 13.3. The van der Waals surface area contributed by atoms with Crippen LogP contribution in [-0.4, -0.2) is 42.6 Å². The molecule has 0 fully saturated rings. The van der Waals surface area contributed by atoms with E-state index in [9.17, 15) is 22.7 Å². The fourth-order valence-electron chi connectivity index (χ4n) is 1.64. The Hall–Kier alpha value is -1.52. The van der Waals surface area contributed by atoms with E-state index < -0.39 is 36.3 Å². The molecule has 0 radical (unpaired) electrons. The SMILES string of the molecule is CCS(=O)CCNS(=O)(=O)c1cccc(NC)c1[N+](=O)[O-]. The van der Waals surface area contributed by atoms with Crippen LogP contribution in [0.25, 0.3) is 0 Å². The van der Waals surface area contributed by atoms with Crippen molar-refractivity contribution in [1.29, 1.82) is 0 Å². The molecule has 0 aliphatic carbocycles. The third-order valence-corrected chi connectivity index (χ3v) is 5.48. The summed E-state index contributed by atoms with van der Waals surface area (Å²) in [5.41, 5.74) is -0.399. The van der Waals surface area contributed by atoms with Gasteiger partial charge in [0.25, 0.3) is 0 Å². The molecule has 1 aromatic carbocycles. The van der Waals surface area contributed by atoms with Crippen LogP contribution in [-0.2, 0) is 20.8 Å². The van der Waals surface area contributed by atoms with Gasteiger partial charge in [0.2, 0.25) is 10.0 Å². The molecule has 0 amide bonds. The third-order valence-electron chi connectivity index (χ3n) is 2.68. The van der Waals surface area contributed by atoms with Crippen molar-refractivity contribution in [2.24, 2.45) is 0 Å². The number of para-hydroxylation sites is 1. The molecule has 118 valence electrons. The van der Waals surface area contributed by atoms with Crippen LogP contribution in [0.4, 0.5) is 11.4 Å². The minimum Gasteiger partial charge on any atom is -0.383 e. The van der Waals surface area contributed by atoms with Gasteiger partial charge < -0.3 is 5.32 Å². The van der Waals surface area contributed by atoms with Crippen LogP contribution >= 0.6 is 0 Å². The number of hydrogen-bond donors (Lipinski definition) is 2. The average molecular weight is 335 g/mol. The average Bonchev–Trinajstić information content (AvgIpc) is 2.45. The number of sulfonamides is 1. The Bertz CT molecular complexity index is 645. The quantitative estimate of drug-likeness (QED) is 0.533. The molecule has 8 nitrogen and oxygen atoms in total. The van der Waals surface area contributed by atoms with E-state index in [1.165, 1.54) is 19.2 Å². The fourth-order valence-corrected chi connectivity index (χ4v) is 3.61. The lowest BCUT2D eigenvalue weighted by molar-refractivity contribution is -0.386. The summed E-state index contributed by atoms with van der Waals surface area (Å²) in [4.78, 5) is 9.94. The normalized spacial score (nSPS) is 12.9. The number of hydrogen-bond acceptors (Lipinski definition) is 6. The minimum absolute atomic E-state index is 0.0380. The first-order valence-corrected chi connectivity index (χ1v) is 9.10. The molecule has 0 aromatic heterocycles. The van der Waals surface area contributed by atoms with Gasteiger partial charge >= 0.3 is 5.69 Å². The standard InChI is InChI=1S/C11H17N3O5S2/c1-3-20(17)8-7-13-21(18,19)10-6-4-5-9(12-2)11(10)14(15)16/h4-6,12-13H,3,7-8H2,1-2H3. The number of nitrogens with one attached hydrogen (secondary N) is 2. The number of benzene rings is 1. The maximum absolute atomic E-state index is 12.2. The lowest BCUT2D eigenvalue weighted by Gasteiger charge is -2.09. The summed E-state index contributed by atoms with van der Waals surface area (Å²) in [7, 11) is -3.68. The number of rotatable bonds is 8. The highest BCUT2D eigenvalue weighted by Crippen LogP contribution is 2.31. The zero-order valence-electron chi connectivity index (χ0n) is 11.7. The molecule has 0 saturated heterocycles. The van der Waals surface area contributed by atoms with Crippen molar-refractivity contribution in [2.45, 2.75) is 11.8 Å². The highest BCUT2D eigenvalue weighted by atomic mass is 32.2. The van der Waals surface area contributed by atoms with Crippen molar-refractivity contribution in [1.82, 2.24) is 4.72 Å². The summed E-state index contributed by atoms with van der Waals surface area (Å²) < 4.78 is 37.8. The van der Waals surface area contributed by atoms with Gasteiger partial charge in [-0.15, -0.1) is 0 Å². The van der Waals surface area contributed by atoms with Crippen LogP contribution in [0.15, 0.2) is 23.1 Å². The smallest absolute Gasteiger partial charge is 0.312 e. The molecule has 1 rings (SSSR count). The Balaban J connectivity index is 3.08. The molecule has 1 unspecified atom stereocenters. The molecule has 10 heteroatoms. The number of nitro groups is 1. The molecule has 0 aliphatic heterocycles. The van der Waals surface area contributed by atoms with Crippen LogP contribution < -0.4 is 10.0 Å². The number of nitro benzene ring substituents is 1. The Kier molecular flexibility index (Phi) is 6.24. The summed E-state index contributed by atoms with van der Waals surface area (Å²) in [5.74, 6) is 0.590. The molecule has 2 N–H and O–H groups in total. The summed E-state index contributed by atoms with van der Waals surface area (Å²) in [5, 5.41) is 13.7. The summed E-state index contributed by atoms with van der Waals surface area (Å²) >= 11 is 0. The molecular weight excluding hydrogens is 318 g/mol. The van der Waals surface area contributed by atoms with Gasteiger partial charge in [-0.25, -0.2) is 13.1 Å². The Morgan fingerprint density at radius 3 is 2.57 bits per heavy atom. The maximum atomic E-state index is 12.2. The molecule has 21 heavy (non-hydrogen) atoms. The van der Waals surface area contributed by atoms with Gasteiger partial charge in [-0.1, -0.05) is 13.0 Å². The van der Waals surface area contributed by atoms with Gasteiger partial charge in [0.1, 0.15) is 5.69 Å². The van der Waals surface area contributed by atoms with Crippen LogP contribution in [0.3, 0.4) is 0 Å². The van der Waals surface area contributed by atoms with Crippen molar-refractivity contribution < 1.29 is 17.6 Å². The summed E-state index contributed by atoms with van der Waals surface area (Å²) in [6.45, 7) is 1.69. The zero-order chi connectivity index (χ0) is 16.0. The summed E-state index contributed by atoms with van der Waals surface area (Å²) in [6, 6.07) is 4.00. The van der Waals surface area contributed by atoms with E-state index in [2.05, 4.69) is 10.0 Å². The topological polar surface area (TPSA) is 118 Å². The predicted molar refractivity (Wildman–Crippen MR) is 81.4 cm³/mol. The monoisotopic (exact) mass is 335 g/mol. The van der Waals surface area contributed by atoms with Gasteiger partial charge in [-0.05, 0) is 12.1 Å². The van der Waals surface area contributed by atoms with Crippen LogP contribution in [0.5, 0.6) is 0 Å². The molecule has 0 bridgehead atoms.